The van der Waals surface area contributed by atoms with Crippen molar-refractivity contribution in [3.63, 3.8) is 0 Å². The number of benzene rings is 4. The fourth-order valence-corrected chi connectivity index (χ4v) is 14.5. The van der Waals surface area contributed by atoms with Crippen molar-refractivity contribution in [1.29, 1.82) is 0 Å². The number of hydrogen-bond acceptors (Lipinski definition) is 11. The Morgan fingerprint density at radius 3 is 1.54 bits per heavy atom. The number of imidazole rings is 2. The highest BCUT2D eigenvalue weighted by atomic mass is 19.2. The zero-order valence-corrected chi connectivity index (χ0v) is 47.0. The first-order valence-corrected chi connectivity index (χ1v) is 29.2. The van der Waals surface area contributed by atoms with E-state index in [9.17, 15) is 38.2 Å². The van der Waals surface area contributed by atoms with E-state index in [1.54, 1.807) is 33.8 Å². The number of aromatic amines is 2. The third-order valence-corrected chi connectivity index (χ3v) is 18.9. The van der Waals surface area contributed by atoms with Gasteiger partial charge in [0.2, 0.25) is 11.8 Å². The molecule has 0 aliphatic carbocycles. The Labute approximate surface area is 485 Å². The molecule has 25 heteroatoms. The SMILES string of the molecule is CC1C[C@H](c2cc3nc(C4CCCN4C(=O)C(NC(=O)O)C4CCOCC4)[nH]c3cc2F)N(c2cc(F)c(N3CCN(c4c(F)cccc4F)CC3)c(F)c2)[C@]1(C)c1cc2nc(C3CCCN3C(=O)[C@@H](NC(=O)O)C3CCOCC3)[nH]c2cc1F. The molecule has 8 heterocycles. The highest BCUT2D eigenvalue weighted by Crippen LogP contribution is 2.56. The number of carbonyl (C=O) groups excluding carboxylic acids is 2. The number of carbonyl (C=O) groups is 4. The summed E-state index contributed by atoms with van der Waals surface area (Å²) in [6, 6.07) is 7.16. The maximum Gasteiger partial charge on any atom is 0.405 e. The minimum atomic E-state index is -1.50. The Morgan fingerprint density at radius 2 is 1.06 bits per heavy atom. The van der Waals surface area contributed by atoms with Crippen LogP contribution in [0.2, 0.25) is 0 Å². The van der Waals surface area contributed by atoms with Crippen molar-refractivity contribution in [3.05, 3.63) is 112 Å². The van der Waals surface area contributed by atoms with E-state index in [2.05, 4.69) is 20.6 Å². The second-order valence-corrected chi connectivity index (χ2v) is 23.6. The number of nitrogens with one attached hydrogen (secondary N) is 4. The number of carboxylic acid groups (broad SMARTS) is 2. The summed E-state index contributed by atoms with van der Waals surface area (Å²) in [5.41, 5.74) is -0.797. The summed E-state index contributed by atoms with van der Waals surface area (Å²) >= 11 is 0. The normalized spacial score (nSPS) is 24.2. The lowest BCUT2D eigenvalue weighted by atomic mass is 9.80. The number of para-hydroxylation sites is 1. The van der Waals surface area contributed by atoms with Gasteiger partial charge in [-0.25, -0.2) is 45.9 Å². The van der Waals surface area contributed by atoms with Crippen molar-refractivity contribution in [1.82, 2.24) is 40.4 Å². The summed E-state index contributed by atoms with van der Waals surface area (Å²) in [5, 5.41) is 24.5. The number of likely N-dealkylation sites (tertiary alicyclic amines) is 2. The Morgan fingerprint density at radius 1 is 0.600 bits per heavy atom. The van der Waals surface area contributed by atoms with Crippen LogP contribution < -0.4 is 25.3 Å². The van der Waals surface area contributed by atoms with E-state index in [-0.39, 0.29) is 72.6 Å². The molecule has 4 aromatic carbocycles. The molecule has 452 valence electrons. The Bertz CT molecular complexity index is 3510. The first kappa shape index (κ1) is 57.6. The molecule has 6 saturated heterocycles. The van der Waals surface area contributed by atoms with E-state index in [0.717, 1.165) is 24.3 Å². The van der Waals surface area contributed by atoms with Gasteiger partial charge in [-0.05, 0) is 131 Å². The van der Waals surface area contributed by atoms with E-state index >= 15 is 17.6 Å². The molecule has 0 bridgehead atoms. The van der Waals surface area contributed by atoms with Gasteiger partial charge in [-0.15, -0.1) is 0 Å². The highest BCUT2D eigenvalue weighted by molar-refractivity contribution is 5.88. The summed E-state index contributed by atoms with van der Waals surface area (Å²) in [7, 11) is 0. The molecule has 4 amide bonds. The van der Waals surface area contributed by atoms with Crippen LogP contribution in [0, 0.1) is 52.7 Å². The molecule has 6 aromatic rings. The first-order chi connectivity index (χ1) is 40.9. The largest absolute Gasteiger partial charge is 0.465 e. The minimum Gasteiger partial charge on any atom is -0.465 e. The van der Waals surface area contributed by atoms with Gasteiger partial charge in [0.05, 0.1) is 45.7 Å². The van der Waals surface area contributed by atoms with E-state index in [0.29, 0.717) is 125 Å². The molecule has 12 rings (SSSR count). The zero-order chi connectivity index (χ0) is 59.6. The molecule has 4 unspecified atom stereocenters. The monoisotopic (exact) mass is 1180 g/mol. The second-order valence-electron chi connectivity index (χ2n) is 23.6. The van der Waals surface area contributed by atoms with Crippen molar-refractivity contribution in [2.45, 2.75) is 107 Å². The average Bonchev–Trinajstić information content (AvgIpc) is 2.32. The van der Waals surface area contributed by atoms with Gasteiger partial charge in [0.25, 0.3) is 0 Å². The van der Waals surface area contributed by atoms with E-state index < -0.39 is 101 Å². The van der Waals surface area contributed by atoms with Crippen LogP contribution in [0.3, 0.4) is 0 Å². The van der Waals surface area contributed by atoms with Crippen molar-refractivity contribution < 1.29 is 65.2 Å². The summed E-state index contributed by atoms with van der Waals surface area (Å²) < 4.78 is 110. The van der Waals surface area contributed by atoms with Gasteiger partial charge in [0.15, 0.2) is 11.6 Å². The third kappa shape index (κ3) is 10.7. The third-order valence-electron chi connectivity index (χ3n) is 18.9. The minimum absolute atomic E-state index is 0.000858. The number of anilines is 3. The van der Waals surface area contributed by atoms with Gasteiger partial charge < -0.3 is 64.8 Å². The van der Waals surface area contributed by atoms with Gasteiger partial charge in [0, 0.05) is 82.5 Å². The lowest BCUT2D eigenvalue weighted by Gasteiger charge is -2.43. The number of H-pyrrole nitrogens is 2. The maximum absolute atomic E-state index is 17.5. The summed E-state index contributed by atoms with van der Waals surface area (Å²) in [6.07, 6.45) is 1.57. The number of fused-ring (bicyclic) bond motifs is 2. The molecule has 2 aromatic heterocycles. The van der Waals surface area contributed by atoms with Crippen LogP contribution in [-0.2, 0) is 24.6 Å². The quantitative estimate of drug-likeness (QED) is 0.0594. The van der Waals surface area contributed by atoms with Crippen LogP contribution in [0.15, 0.2) is 54.6 Å². The van der Waals surface area contributed by atoms with E-state index in [1.807, 2.05) is 6.92 Å². The smallest absolute Gasteiger partial charge is 0.405 e. The molecule has 7 atom stereocenters. The number of aromatic nitrogens is 4. The summed E-state index contributed by atoms with van der Waals surface area (Å²) in [5.74, 6) is -6.17. The average molecular weight is 1180 g/mol. The molecule has 0 saturated carbocycles. The van der Waals surface area contributed by atoms with Crippen LogP contribution in [0.25, 0.3) is 22.1 Å². The predicted molar refractivity (Wildman–Crippen MR) is 300 cm³/mol. The highest BCUT2D eigenvalue weighted by Gasteiger charge is 2.53. The Kier molecular flexibility index (Phi) is 15.7. The van der Waals surface area contributed by atoms with Gasteiger partial charge in [-0.1, -0.05) is 13.0 Å². The van der Waals surface area contributed by atoms with Crippen molar-refractivity contribution in [3.8, 4) is 0 Å². The van der Waals surface area contributed by atoms with Crippen LogP contribution >= 0.6 is 0 Å². The fraction of sp³-hybridized carbons (Fsp3) is 0.500. The Balaban J connectivity index is 0.902. The second kappa shape index (κ2) is 23.2. The number of nitrogens with zero attached hydrogens (tertiary/aromatic N) is 7. The molecule has 6 aliphatic rings. The van der Waals surface area contributed by atoms with Gasteiger partial charge >= 0.3 is 12.2 Å². The van der Waals surface area contributed by atoms with E-state index in [1.165, 1.54) is 28.0 Å². The van der Waals surface area contributed by atoms with Gasteiger partial charge in [0.1, 0.15) is 58.4 Å². The number of rotatable bonds is 13. The van der Waals surface area contributed by atoms with Crippen LogP contribution in [0.1, 0.15) is 113 Å². The molecule has 6 aliphatic heterocycles. The molecule has 85 heavy (non-hydrogen) atoms. The van der Waals surface area contributed by atoms with Gasteiger partial charge in [-0.2, -0.15) is 0 Å². The molecular formula is C60H67F6N11O8. The number of hydrogen-bond donors (Lipinski definition) is 6. The standard InChI is InChI=1S/C60H67F6N11O8/c1-31-24-49(35-27-43-45(29-39(35)63)69-54(67-43)47-8-4-14-75(47)56(78)50(71-58(80)81)32-10-20-84-21-11-32)77(34-25-41(65)53(42(66)26-34)74-18-16-73(17-19-74)52-37(61)6-3-7-38(52)62)60(31,2)36-28-44-46(30-40(36)64)70-55(68-44)48-9-5-15-76(48)57(79)51(72-59(82)83)33-12-22-85-23-13-33/h3,6-7,25-33,47-51,71-72H,4-5,8-24H2,1-2H3,(H,67,69)(H,68,70)(H,80,81)(H,82,83)/t31?,47?,48?,49-,50?,51+,60+/m1/s1. The topological polar surface area (TPSA) is 225 Å². The maximum atomic E-state index is 17.5. The number of amides is 4. The van der Waals surface area contributed by atoms with Crippen molar-refractivity contribution in [2.24, 2.45) is 17.8 Å². The Hall–Kier alpha value is -7.80. The zero-order valence-electron chi connectivity index (χ0n) is 47.0. The van der Waals surface area contributed by atoms with Crippen molar-refractivity contribution in [2.75, 3.05) is 80.4 Å². The number of piperazine rings is 1. The first-order valence-electron chi connectivity index (χ1n) is 29.2. The summed E-state index contributed by atoms with van der Waals surface area (Å²) in [4.78, 5) is 76.7. The summed E-state index contributed by atoms with van der Waals surface area (Å²) in [6.45, 7) is 5.85. The molecule has 6 N–H and O–H groups in total. The molecule has 0 spiro atoms. The van der Waals surface area contributed by atoms with Crippen LogP contribution in [0.5, 0.6) is 0 Å². The molecule has 6 fully saturated rings. The lowest BCUT2D eigenvalue weighted by Crippen LogP contribution is -2.52. The van der Waals surface area contributed by atoms with Crippen LogP contribution in [-0.4, -0.2) is 142 Å². The predicted octanol–water partition coefficient (Wildman–Crippen LogP) is 9.56. The molecule has 19 nitrogen and oxygen atoms in total. The van der Waals surface area contributed by atoms with Crippen LogP contribution in [0.4, 0.5) is 53.0 Å². The number of halogens is 6. The fourth-order valence-electron chi connectivity index (χ4n) is 14.5. The lowest BCUT2D eigenvalue weighted by molar-refractivity contribution is -0.137. The van der Waals surface area contributed by atoms with Gasteiger partial charge in [-0.3, -0.25) is 9.59 Å². The number of ether oxygens (including phenoxy) is 2. The molecule has 0 radical (unpaired) electrons. The molecular weight excluding hydrogens is 1120 g/mol. The van der Waals surface area contributed by atoms with E-state index in [4.69, 9.17) is 19.4 Å². The van der Waals surface area contributed by atoms with Crippen molar-refractivity contribution >= 4 is 63.1 Å².